The lowest BCUT2D eigenvalue weighted by atomic mass is 9.97. The first-order chi connectivity index (χ1) is 14.0. The van der Waals surface area contributed by atoms with Crippen LogP contribution in [0.2, 0.25) is 0 Å². The SMILES string of the molecule is CC(C)(C)C(=O)ON1CCC(c2nc(COc3ccc(S(C)(=O)=O)cc3)cs2)CC1. The van der Waals surface area contributed by atoms with Gasteiger partial charge in [-0.1, -0.05) is 0 Å². The van der Waals surface area contributed by atoms with E-state index in [0.717, 1.165) is 23.5 Å². The highest BCUT2D eigenvalue weighted by Crippen LogP contribution is 2.31. The molecule has 0 N–H and O–H groups in total. The topological polar surface area (TPSA) is 85.8 Å². The van der Waals surface area contributed by atoms with Gasteiger partial charge in [0.2, 0.25) is 0 Å². The van der Waals surface area contributed by atoms with Gasteiger partial charge in [0, 0.05) is 30.6 Å². The Kier molecular flexibility index (Phi) is 6.84. The number of benzene rings is 1. The van der Waals surface area contributed by atoms with Crippen LogP contribution in [0.15, 0.2) is 34.5 Å². The summed E-state index contributed by atoms with van der Waals surface area (Å²) < 4.78 is 28.8. The molecule has 0 unspecified atom stereocenters. The number of hydroxylamine groups is 2. The normalized spacial score (nSPS) is 16.4. The molecule has 9 heteroatoms. The van der Waals surface area contributed by atoms with Crippen LogP contribution in [-0.2, 0) is 26.1 Å². The van der Waals surface area contributed by atoms with Crippen molar-refractivity contribution in [2.24, 2.45) is 5.41 Å². The molecule has 1 saturated heterocycles. The van der Waals surface area contributed by atoms with Gasteiger partial charge in [0.05, 0.1) is 21.0 Å². The maximum atomic E-state index is 12.0. The van der Waals surface area contributed by atoms with Gasteiger partial charge in [-0.3, -0.25) is 0 Å². The second-order valence-corrected chi connectivity index (χ2v) is 11.4. The molecule has 30 heavy (non-hydrogen) atoms. The molecule has 164 valence electrons. The molecule has 2 heterocycles. The van der Waals surface area contributed by atoms with Crippen molar-refractivity contribution >= 4 is 27.1 Å². The zero-order valence-corrected chi connectivity index (χ0v) is 19.4. The van der Waals surface area contributed by atoms with Gasteiger partial charge < -0.3 is 9.57 Å². The number of aromatic nitrogens is 1. The summed E-state index contributed by atoms with van der Waals surface area (Å²) in [6.07, 6.45) is 2.95. The monoisotopic (exact) mass is 452 g/mol. The Morgan fingerprint density at radius 1 is 1.20 bits per heavy atom. The summed E-state index contributed by atoms with van der Waals surface area (Å²) in [5, 5.41) is 4.82. The van der Waals surface area contributed by atoms with Crippen LogP contribution < -0.4 is 4.74 Å². The Morgan fingerprint density at radius 3 is 2.40 bits per heavy atom. The van der Waals surface area contributed by atoms with Crippen LogP contribution in [0.25, 0.3) is 0 Å². The van der Waals surface area contributed by atoms with Crippen molar-refractivity contribution in [2.75, 3.05) is 19.3 Å². The first-order valence-corrected chi connectivity index (χ1v) is 12.6. The zero-order chi connectivity index (χ0) is 21.9. The lowest BCUT2D eigenvalue weighted by Gasteiger charge is -2.31. The predicted octanol–water partition coefficient (Wildman–Crippen LogP) is 3.81. The number of piperidine rings is 1. The molecule has 1 aliphatic heterocycles. The molecule has 1 aromatic carbocycles. The van der Waals surface area contributed by atoms with Gasteiger partial charge in [-0.2, -0.15) is 0 Å². The van der Waals surface area contributed by atoms with Crippen LogP contribution >= 0.6 is 11.3 Å². The number of ether oxygens (including phenoxy) is 1. The minimum atomic E-state index is -3.21. The summed E-state index contributed by atoms with van der Waals surface area (Å²) in [5.41, 5.74) is 0.343. The number of rotatable bonds is 6. The number of sulfone groups is 1. The van der Waals surface area contributed by atoms with Gasteiger partial charge in [-0.15, -0.1) is 16.4 Å². The molecule has 1 aromatic heterocycles. The van der Waals surface area contributed by atoms with E-state index in [1.807, 2.05) is 26.2 Å². The Bertz CT molecular complexity index is 970. The van der Waals surface area contributed by atoms with E-state index in [1.54, 1.807) is 28.5 Å². The summed E-state index contributed by atoms with van der Waals surface area (Å²) in [5.74, 6) is 0.743. The van der Waals surface area contributed by atoms with E-state index in [0.29, 0.717) is 31.4 Å². The third-order valence-corrected chi connectivity index (χ3v) is 7.02. The van der Waals surface area contributed by atoms with Crippen LogP contribution in [0.1, 0.15) is 50.2 Å². The molecule has 3 rings (SSSR count). The van der Waals surface area contributed by atoms with Crippen LogP contribution in [-0.4, -0.2) is 43.8 Å². The summed E-state index contributed by atoms with van der Waals surface area (Å²) in [6, 6.07) is 6.38. The molecule has 1 aliphatic rings. The van der Waals surface area contributed by atoms with Crippen molar-refractivity contribution in [3.63, 3.8) is 0 Å². The van der Waals surface area contributed by atoms with Crippen LogP contribution in [0.4, 0.5) is 0 Å². The third-order valence-electron chi connectivity index (χ3n) is 4.84. The molecular formula is C21H28N2O5S2. The zero-order valence-electron chi connectivity index (χ0n) is 17.8. The van der Waals surface area contributed by atoms with E-state index in [9.17, 15) is 13.2 Å². The number of carbonyl (C=O) groups excluding carboxylic acids is 1. The molecule has 1 fully saturated rings. The minimum absolute atomic E-state index is 0.209. The molecule has 0 atom stereocenters. The van der Waals surface area contributed by atoms with Crippen LogP contribution in [0.5, 0.6) is 5.75 Å². The predicted molar refractivity (Wildman–Crippen MR) is 115 cm³/mol. The molecule has 0 radical (unpaired) electrons. The van der Waals surface area contributed by atoms with Gasteiger partial charge in [-0.05, 0) is 57.9 Å². The van der Waals surface area contributed by atoms with E-state index in [1.165, 1.54) is 18.4 Å². The molecule has 2 aromatic rings. The van der Waals surface area contributed by atoms with Crippen molar-refractivity contribution in [1.82, 2.24) is 10.0 Å². The highest BCUT2D eigenvalue weighted by molar-refractivity contribution is 7.90. The molecular weight excluding hydrogens is 424 g/mol. The average Bonchev–Trinajstić information content (AvgIpc) is 3.15. The molecule has 0 spiro atoms. The standard InChI is InChI=1S/C21H28N2O5S2/c1-21(2,3)20(24)28-23-11-9-15(10-12-23)19-22-16(14-29-19)13-27-17-5-7-18(8-6-17)30(4,25)26/h5-8,14-15H,9-13H2,1-4H3. The van der Waals surface area contributed by atoms with Crippen molar-refractivity contribution in [3.05, 3.63) is 40.3 Å². The highest BCUT2D eigenvalue weighted by Gasteiger charge is 2.29. The fourth-order valence-electron chi connectivity index (χ4n) is 2.97. The van der Waals surface area contributed by atoms with E-state index in [4.69, 9.17) is 14.6 Å². The van der Waals surface area contributed by atoms with Crippen molar-refractivity contribution in [3.8, 4) is 5.75 Å². The molecule has 0 bridgehead atoms. The second kappa shape index (κ2) is 9.03. The van der Waals surface area contributed by atoms with Crippen molar-refractivity contribution < 1.29 is 22.8 Å². The quantitative estimate of drug-likeness (QED) is 0.659. The highest BCUT2D eigenvalue weighted by atomic mass is 32.2. The number of thiazole rings is 1. The summed E-state index contributed by atoms with van der Waals surface area (Å²) in [4.78, 5) is 22.5. The van der Waals surface area contributed by atoms with Crippen molar-refractivity contribution in [1.29, 1.82) is 0 Å². The maximum absolute atomic E-state index is 12.0. The lowest BCUT2D eigenvalue weighted by Crippen LogP contribution is -2.38. The van der Waals surface area contributed by atoms with Gasteiger partial charge in [0.25, 0.3) is 0 Å². The smallest absolute Gasteiger partial charge is 0.330 e. The minimum Gasteiger partial charge on any atom is -0.487 e. The van der Waals surface area contributed by atoms with Crippen molar-refractivity contribution in [2.45, 2.75) is 51.0 Å². The third kappa shape index (κ3) is 6.02. The van der Waals surface area contributed by atoms with Crippen LogP contribution in [0.3, 0.4) is 0 Å². The van der Waals surface area contributed by atoms with Gasteiger partial charge in [0.15, 0.2) is 9.84 Å². The fraction of sp³-hybridized carbons (Fsp3) is 0.524. The molecule has 0 amide bonds. The Hall–Kier alpha value is -1.97. The van der Waals surface area contributed by atoms with E-state index < -0.39 is 15.3 Å². The van der Waals surface area contributed by atoms with Gasteiger partial charge in [-0.25, -0.2) is 18.2 Å². The van der Waals surface area contributed by atoms with E-state index in [-0.39, 0.29) is 10.9 Å². The second-order valence-electron chi connectivity index (χ2n) is 8.54. The first kappa shape index (κ1) is 22.7. The van der Waals surface area contributed by atoms with Gasteiger partial charge in [0.1, 0.15) is 12.4 Å². The Balaban J connectivity index is 1.49. The fourth-order valence-corrected chi connectivity index (χ4v) is 4.57. The summed E-state index contributed by atoms with van der Waals surface area (Å²) >= 11 is 1.62. The van der Waals surface area contributed by atoms with Gasteiger partial charge >= 0.3 is 5.97 Å². The molecule has 7 nitrogen and oxygen atoms in total. The number of nitrogens with zero attached hydrogens (tertiary/aromatic N) is 2. The Labute approximate surface area is 181 Å². The number of hydrogen-bond donors (Lipinski definition) is 0. The van der Waals surface area contributed by atoms with E-state index in [2.05, 4.69) is 0 Å². The molecule has 0 aliphatic carbocycles. The number of hydrogen-bond acceptors (Lipinski definition) is 8. The molecule has 0 saturated carbocycles. The summed E-state index contributed by atoms with van der Waals surface area (Å²) in [6.45, 7) is 7.27. The average molecular weight is 453 g/mol. The summed E-state index contributed by atoms with van der Waals surface area (Å²) in [7, 11) is -3.21. The largest absolute Gasteiger partial charge is 0.487 e. The first-order valence-electron chi connectivity index (χ1n) is 9.87. The lowest BCUT2D eigenvalue weighted by molar-refractivity contribution is -0.204. The van der Waals surface area contributed by atoms with Crippen LogP contribution in [0, 0.1) is 5.41 Å². The number of carbonyl (C=O) groups is 1. The maximum Gasteiger partial charge on any atom is 0.330 e. The van der Waals surface area contributed by atoms with E-state index >= 15 is 0 Å². The Morgan fingerprint density at radius 2 is 1.83 bits per heavy atom.